The number of amides is 1. The van der Waals surface area contributed by atoms with Gasteiger partial charge in [-0.25, -0.2) is 0 Å². The van der Waals surface area contributed by atoms with Crippen LogP contribution in [0.2, 0.25) is 0 Å². The van der Waals surface area contributed by atoms with Crippen LogP contribution in [0.5, 0.6) is 0 Å². The average molecular weight is 337 g/mol. The molecule has 24 heavy (non-hydrogen) atoms. The van der Waals surface area contributed by atoms with Gasteiger partial charge in [0.1, 0.15) is 6.04 Å². The molecule has 0 bridgehead atoms. The first-order chi connectivity index (χ1) is 11.3. The van der Waals surface area contributed by atoms with Gasteiger partial charge in [-0.2, -0.15) is 18.3 Å². The molecule has 0 spiro atoms. The monoisotopic (exact) mass is 337 g/mol. The van der Waals surface area contributed by atoms with E-state index in [1.807, 2.05) is 18.2 Å². The lowest BCUT2D eigenvalue weighted by Crippen LogP contribution is -2.42. The summed E-state index contributed by atoms with van der Waals surface area (Å²) in [5.74, 6) is -0.323. The molecule has 1 aliphatic rings. The van der Waals surface area contributed by atoms with E-state index in [1.165, 1.54) is 17.3 Å². The molecule has 1 aromatic heterocycles. The molecule has 0 radical (unpaired) electrons. The molecule has 2 aromatic rings. The highest BCUT2D eigenvalue weighted by Crippen LogP contribution is 2.28. The van der Waals surface area contributed by atoms with E-state index in [4.69, 9.17) is 0 Å². The lowest BCUT2D eigenvalue weighted by atomic mass is 9.88. The Balaban J connectivity index is 1.64. The molecule has 1 aromatic carbocycles. The highest BCUT2D eigenvalue weighted by atomic mass is 19.4. The minimum atomic E-state index is -4.51. The van der Waals surface area contributed by atoms with E-state index in [-0.39, 0.29) is 11.9 Å². The van der Waals surface area contributed by atoms with E-state index in [9.17, 15) is 18.0 Å². The first-order valence-corrected chi connectivity index (χ1v) is 7.84. The molecule has 128 valence electrons. The van der Waals surface area contributed by atoms with E-state index in [2.05, 4.69) is 16.5 Å². The van der Waals surface area contributed by atoms with E-state index < -0.39 is 17.9 Å². The fraction of sp³-hybridized carbons (Fsp3) is 0.412. The number of aryl methyl sites for hydroxylation is 1. The number of benzene rings is 1. The van der Waals surface area contributed by atoms with E-state index >= 15 is 0 Å². The quantitative estimate of drug-likeness (QED) is 0.935. The van der Waals surface area contributed by atoms with Crippen LogP contribution in [0.4, 0.5) is 13.2 Å². The van der Waals surface area contributed by atoms with Crippen LogP contribution in [-0.2, 0) is 23.8 Å². The maximum atomic E-state index is 12.6. The molecule has 2 atom stereocenters. The van der Waals surface area contributed by atoms with Gasteiger partial charge in [0.05, 0.1) is 0 Å². The Morgan fingerprint density at radius 1 is 1.29 bits per heavy atom. The van der Waals surface area contributed by atoms with Gasteiger partial charge in [0, 0.05) is 12.2 Å². The first-order valence-electron chi connectivity index (χ1n) is 7.84. The molecule has 1 aliphatic carbocycles. The number of carbonyl (C=O) groups is 1. The second-order valence-electron chi connectivity index (χ2n) is 6.07. The minimum Gasteiger partial charge on any atom is -0.351 e. The van der Waals surface area contributed by atoms with Crippen LogP contribution in [0.15, 0.2) is 36.5 Å². The van der Waals surface area contributed by atoms with E-state index in [0.29, 0.717) is 0 Å². The van der Waals surface area contributed by atoms with Crippen molar-refractivity contribution in [1.29, 1.82) is 0 Å². The molecule has 3 rings (SSSR count). The number of halogens is 3. The van der Waals surface area contributed by atoms with Crippen molar-refractivity contribution < 1.29 is 18.0 Å². The van der Waals surface area contributed by atoms with Gasteiger partial charge in [-0.3, -0.25) is 9.48 Å². The fourth-order valence-corrected chi connectivity index (χ4v) is 2.97. The third-order valence-electron chi connectivity index (χ3n) is 4.37. The van der Waals surface area contributed by atoms with Gasteiger partial charge < -0.3 is 5.32 Å². The summed E-state index contributed by atoms with van der Waals surface area (Å²) in [6.07, 6.45) is -0.878. The molecular weight excluding hydrogens is 319 g/mol. The third kappa shape index (κ3) is 3.44. The summed E-state index contributed by atoms with van der Waals surface area (Å²) in [6, 6.07) is 8.16. The maximum absolute atomic E-state index is 12.6. The number of fused-ring (bicyclic) bond motifs is 1. The summed E-state index contributed by atoms with van der Waals surface area (Å²) in [5, 5.41) is 6.39. The second-order valence-corrected chi connectivity index (χ2v) is 6.07. The van der Waals surface area contributed by atoms with Crippen LogP contribution in [-0.4, -0.2) is 21.7 Å². The summed E-state index contributed by atoms with van der Waals surface area (Å²) < 4.78 is 38.9. The smallest absolute Gasteiger partial charge is 0.351 e. The highest BCUT2D eigenvalue weighted by molar-refractivity contribution is 5.80. The zero-order chi connectivity index (χ0) is 17.3. The molecule has 0 fully saturated rings. The molecule has 0 aliphatic heterocycles. The Kier molecular flexibility index (Phi) is 4.34. The topological polar surface area (TPSA) is 46.9 Å². The van der Waals surface area contributed by atoms with E-state index in [0.717, 1.165) is 30.0 Å². The van der Waals surface area contributed by atoms with Gasteiger partial charge >= 0.3 is 6.18 Å². The Morgan fingerprint density at radius 3 is 2.67 bits per heavy atom. The van der Waals surface area contributed by atoms with Gasteiger partial charge in [0.15, 0.2) is 5.69 Å². The van der Waals surface area contributed by atoms with Crippen LogP contribution in [0.3, 0.4) is 0 Å². The molecule has 4 nitrogen and oxygen atoms in total. The number of hydrogen-bond donors (Lipinski definition) is 1. The molecule has 2 unspecified atom stereocenters. The lowest BCUT2D eigenvalue weighted by Gasteiger charge is -2.26. The summed E-state index contributed by atoms with van der Waals surface area (Å²) >= 11 is 0. The minimum absolute atomic E-state index is 0.00695. The second kappa shape index (κ2) is 6.30. The van der Waals surface area contributed by atoms with Crippen molar-refractivity contribution >= 4 is 5.91 Å². The van der Waals surface area contributed by atoms with Crippen molar-refractivity contribution in [1.82, 2.24) is 15.1 Å². The number of carbonyl (C=O) groups excluding carboxylic acids is 1. The number of nitrogens with zero attached hydrogens (tertiary/aromatic N) is 2. The van der Waals surface area contributed by atoms with Crippen molar-refractivity contribution in [3.05, 3.63) is 53.3 Å². The molecular formula is C17H18F3N3O. The summed E-state index contributed by atoms with van der Waals surface area (Å²) in [7, 11) is 0. The molecule has 1 heterocycles. The summed E-state index contributed by atoms with van der Waals surface area (Å²) in [4.78, 5) is 12.3. The number of rotatable bonds is 3. The van der Waals surface area contributed by atoms with Gasteiger partial charge in [-0.1, -0.05) is 24.3 Å². The molecule has 7 heteroatoms. The number of alkyl halides is 3. The largest absolute Gasteiger partial charge is 0.435 e. The van der Waals surface area contributed by atoms with Gasteiger partial charge in [0.2, 0.25) is 5.91 Å². The zero-order valence-electron chi connectivity index (χ0n) is 13.2. The van der Waals surface area contributed by atoms with Crippen molar-refractivity contribution in [2.45, 2.75) is 44.4 Å². The van der Waals surface area contributed by atoms with Gasteiger partial charge in [-0.05, 0) is 43.4 Å². The van der Waals surface area contributed by atoms with Crippen molar-refractivity contribution in [3.63, 3.8) is 0 Å². The predicted molar refractivity (Wildman–Crippen MR) is 82.3 cm³/mol. The van der Waals surface area contributed by atoms with Crippen LogP contribution in [0.1, 0.15) is 36.2 Å². The third-order valence-corrected chi connectivity index (χ3v) is 4.37. The van der Waals surface area contributed by atoms with Gasteiger partial charge in [-0.15, -0.1) is 0 Å². The molecule has 1 N–H and O–H groups in total. The molecule has 0 saturated heterocycles. The first kappa shape index (κ1) is 16.5. The summed E-state index contributed by atoms with van der Waals surface area (Å²) in [6.45, 7) is 1.54. The number of aromatic nitrogens is 2. The normalized spacial score (nSPS) is 18.8. The Bertz CT molecular complexity index is 739. The molecule has 1 amide bonds. The van der Waals surface area contributed by atoms with Crippen LogP contribution < -0.4 is 5.32 Å². The summed E-state index contributed by atoms with van der Waals surface area (Å²) in [5.41, 5.74) is 1.51. The van der Waals surface area contributed by atoms with Crippen molar-refractivity contribution in [2.24, 2.45) is 0 Å². The number of hydrogen-bond acceptors (Lipinski definition) is 2. The van der Waals surface area contributed by atoms with Crippen molar-refractivity contribution in [2.75, 3.05) is 0 Å². The maximum Gasteiger partial charge on any atom is 0.435 e. The Hall–Kier alpha value is -2.31. The fourth-order valence-electron chi connectivity index (χ4n) is 2.97. The predicted octanol–water partition coefficient (Wildman–Crippen LogP) is 3.14. The van der Waals surface area contributed by atoms with Crippen LogP contribution in [0.25, 0.3) is 0 Å². The lowest BCUT2D eigenvalue weighted by molar-refractivity contribution is -0.142. The standard InChI is InChI=1S/C17H18F3N3O/c1-11(23-9-8-15(22-23)17(18,19)20)16(24)21-14-7-6-12-4-2-3-5-13(12)10-14/h2-5,8-9,11,14H,6-7,10H2,1H3,(H,21,24). The average Bonchev–Trinajstić information content (AvgIpc) is 3.04. The van der Waals surface area contributed by atoms with E-state index in [1.54, 1.807) is 6.92 Å². The Labute approximate surface area is 137 Å². The van der Waals surface area contributed by atoms with Crippen molar-refractivity contribution in [3.8, 4) is 0 Å². The van der Waals surface area contributed by atoms with Crippen LogP contribution in [0, 0.1) is 0 Å². The SMILES string of the molecule is CC(C(=O)NC1CCc2ccccc2C1)n1ccc(C(F)(F)F)n1. The Morgan fingerprint density at radius 2 is 2.00 bits per heavy atom. The highest BCUT2D eigenvalue weighted by Gasteiger charge is 2.34. The number of nitrogens with one attached hydrogen (secondary N) is 1. The zero-order valence-corrected chi connectivity index (χ0v) is 13.2. The van der Waals surface area contributed by atoms with Crippen LogP contribution >= 0.6 is 0 Å². The molecule has 0 saturated carbocycles. The van der Waals surface area contributed by atoms with Gasteiger partial charge in [0.25, 0.3) is 0 Å².